The number of hydrogen-bond acceptors (Lipinski definition) is 7. The lowest BCUT2D eigenvalue weighted by molar-refractivity contribution is -0.384. The van der Waals surface area contributed by atoms with Crippen LogP contribution in [0.5, 0.6) is 6.01 Å². The summed E-state index contributed by atoms with van der Waals surface area (Å²) in [5.74, 6) is 2.33. The van der Waals surface area contributed by atoms with E-state index >= 15 is 0 Å². The summed E-state index contributed by atoms with van der Waals surface area (Å²) >= 11 is 0. The first-order valence-electron chi connectivity index (χ1n) is 11.2. The largest absolute Gasteiger partial charge is 0.468 e. The van der Waals surface area contributed by atoms with Crippen LogP contribution in [0.25, 0.3) is 10.9 Å². The second-order valence-electron chi connectivity index (χ2n) is 8.14. The van der Waals surface area contributed by atoms with Crippen LogP contribution < -0.4 is 20.5 Å². The molecule has 0 fully saturated rings. The molecule has 186 valence electrons. The predicted octanol–water partition coefficient (Wildman–Crippen LogP) is 3.41. The third-order valence-corrected chi connectivity index (χ3v) is 5.67. The molecule has 0 bridgehead atoms. The number of non-ortho nitro benzene ring substituents is 1. The summed E-state index contributed by atoms with van der Waals surface area (Å²) < 4.78 is 5.02. The molecule has 0 spiro atoms. The highest BCUT2D eigenvalue weighted by Gasteiger charge is 2.12. The number of fused-ring (bicyclic) bond motifs is 1. The van der Waals surface area contributed by atoms with E-state index in [-0.39, 0.29) is 29.7 Å². The Hall–Kier alpha value is -5.17. The van der Waals surface area contributed by atoms with E-state index in [9.17, 15) is 19.7 Å². The van der Waals surface area contributed by atoms with E-state index in [2.05, 4.69) is 21.2 Å². The maximum Gasteiger partial charge on any atom is 0.296 e. The number of nitro groups is 1. The Kier molecular flexibility index (Phi) is 7.45. The van der Waals surface area contributed by atoms with Crippen molar-refractivity contribution in [3.8, 4) is 18.4 Å². The normalized spacial score (nSPS) is 10.5. The van der Waals surface area contributed by atoms with E-state index in [1.54, 1.807) is 48.5 Å². The smallest absolute Gasteiger partial charge is 0.296 e. The molecule has 1 amide bonds. The van der Waals surface area contributed by atoms with Crippen molar-refractivity contribution in [1.82, 2.24) is 15.3 Å². The average Bonchev–Trinajstić information content (AvgIpc) is 2.92. The number of ether oxygens (including phenoxy) is 1. The number of nitro benzene ring substituents is 1. The van der Waals surface area contributed by atoms with Crippen molar-refractivity contribution >= 4 is 28.2 Å². The van der Waals surface area contributed by atoms with Crippen LogP contribution in [0.15, 0.2) is 71.5 Å². The van der Waals surface area contributed by atoms with E-state index in [0.717, 1.165) is 11.3 Å². The lowest BCUT2D eigenvalue weighted by atomic mass is 10.1. The Labute approximate surface area is 212 Å². The Bertz CT molecular complexity index is 1560. The molecule has 0 atom stereocenters. The van der Waals surface area contributed by atoms with E-state index < -0.39 is 4.92 Å². The van der Waals surface area contributed by atoms with Crippen LogP contribution >= 0.6 is 0 Å². The highest BCUT2D eigenvalue weighted by Crippen LogP contribution is 2.20. The highest BCUT2D eigenvalue weighted by molar-refractivity contribution is 5.94. The zero-order chi connectivity index (χ0) is 26.4. The Morgan fingerprint density at radius 3 is 2.65 bits per heavy atom. The molecule has 10 heteroatoms. The number of nitrogens with one attached hydrogen (secondary N) is 2. The topological polar surface area (TPSA) is 130 Å². The number of aromatic nitrogens is 2. The molecule has 3 aromatic carbocycles. The van der Waals surface area contributed by atoms with Crippen LogP contribution in [0.4, 0.5) is 11.4 Å². The summed E-state index contributed by atoms with van der Waals surface area (Å²) in [6.07, 6.45) is 5.59. The third-order valence-electron chi connectivity index (χ3n) is 5.67. The van der Waals surface area contributed by atoms with Gasteiger partial charge in [-0.1, -0.05) is 24.1 Å². The Balaban J connectivity index is 1.46. The summed E-state index contributed by atoms with van der Waals surface area (Å²) in [6, 6.07) is 18.6. The molecular formula is C27H23N5O5. The summed E-state index contributed by atoms with van der Waals surface area (Å²) in [5.41, 5.74) is 2.92. The predicted molar refractivity (Wildman–Crippen MR) is 140 cm³/mol. The van der Waals surface area contributed by atoms with Crippen molar-refractivity contribution < 1.29 is 14.5 Å². The molecule has 1 aromatic heterocycles. The van der Waals surface area contributed by atoms with Gasteiger partial charge in [-0.3, -0.25) is 24.7 Å². The second kappa shape index (κ2) is 11.0. The second-order valence-corrected chi connectivity index (χ2v) is 8.14. The van der Waals surface area contributed by atoms with Crippen molar-refractivity contribution in [2.24, 2.45) is 0 Å². The van der Waals surface area contributed by atoms with Gasteiger partial charge in [-0.15, -0.1) is 6.42 Å². The minimum absolute atomic E-state index is 0.0308. The van der Waals surface area contributed by atoms with Crippen LogP contribution in [0, 0.1) is 22.5 Å². The fraction of sp³-hybridized carbons (Fsp3) is 0.148. The number of H-pyrrole nitrogens is 1. The number of anilines is 1. The molecule has 0 unspecified atom stereocenters. The third kappa shape index (κ3) is 5.91. The zero-order valence-corrected chi connectivity index (χ0v) is 19.9. The summed E-state index contributed by atoms with van der Waals surface area (Å²) in [5, 5.41) is 14.1. The van der Waals surface area contributed by atoms with Gasteiger partial charge in [-0.25, -0.2) is 0 Å². The molecule has 0 aliphatic heterocycles. The van der Waals surface area contributed by atoms with Gasteiger partial charge in [0.1, 0.15) is 0 Å². The highest BCUT2D eigenvalue weighted by atomic mass is 16.6. The van der Waals surface area contributed by atoms with Crippen LogP contribution in [0.1, 0.15) is 21.5 Å². The molecule has 0 aliphatic rings. The van der Waals surface area contributed by atoms with Gasteiger partial charge in [0.2, 0.25) is 0 Å². The molecule has 4 rings (SSSR count). The quantitative estimate of drug-likeness (QED) is 0.206. The van der Waals surface area contributed by atoms with Gasteiger partial charge < -0.3 is 15.0 Å². The lowest BCUT2D eigenvalue weighted by Gasteiger charge is -2.23. The van der Waals surface area contributed by atoms with E-state index in [4.69, 9.17) is 11.2 Å². The van der Waals surface area contributed by atoms with Gasteiger partial charge in [-0.05, 0) is 47.5 Å². The van der Waals surface area contributed by atoms with Crippen molar-refractivity contribution in [3.05, 3.63) is 104 Å². The summed E-state index contributed by atoms with van der Waals surface area (Å²) in [7, 11) is 1.43. The number of carbonyl (C=O) groups excluding carboxylic acids is 1. The first-order chi connectivity index (χ1) is 17.9. The van der Waals surface area contributed by atoms with Crippen LogP contribution in [0.2, 0.25) is 0 Å². The fourth-order valence-electron chi connectivity index (χ4n) is 3.82. The fourth-order valence-corrected chi connectivity index (χ4v) is 3.82. The standard InChI is InChI=1S/C27H23N5O5/c1-3-13-31(17-19-7-12-24-23(15-19)26(34)30-27(29-24)37-2)21-10-8-20(9-11-21)25(33)28-16-18-5-4-6-22(14-18)32(35)36/h1,4-12,14-15H,13,16-17H2,2H3,(H,28,33)(H,29,30,34). The average molecular weight is 498 g/mol. The Morgan fingerprint density at radius 2 is 1.95 bits per heavy atom. The molecular weight excluding hydrogens is 474 g/mol. The van der Waals surface area contributed by atoms with Gasteiger partial charge in [0.25, 0.3) is 23.2 Å². The SMILES string of the molecule is C#CCN(Cc1ccc2nc(OC)[nH]c(=O)c2c1)c1ccc(C(=O)NCc2cccc([N+](=O)[O-])c2)cc1. The maximum absolute atomic E-state index is 12.6. The summed E-state index contributed by atoms with van der Waals surface area (Å²) in [4.78, 5) is 44.2. The van der Waals surface area contributed by atoms with Gasteiger partial charge >= 0.3 is 0 Å². The first kappa shape index (κ1) is 24.9. The minimum Gasteiger partial charge on any atom is -0.468 e. The van der Waals surface area contributed by atoms with Crippen LogP contribution in [-0.2, 0) is 13.1 Å². The van der Waals surface area contributed by atoms with Gasteiger partial charge in [0.15, 0.2) is 0 Å². The molecule has 0 aliphatic carbocycles. The molecule has 1 heterocycles. The first-order valence-corrected chi connectivity index (χ1v) is 11.2. The number of methoxy groups -OCH3 is 1. The summed E-state index contributed by atoms with van der Waals surface area (Å²) in [6.45, 7) is 0.908. The number of nitrogens with zero attached hydrogens (tertiary/aromatic N) is 3. The number of amides is 1. The minimum atomic E-state index is -0.476. The van der Waals surface area contributed by atoms with Crippen LogP contribution in [-0.4, -0.2) is 34.5 Å². The molecule has 0 radical (unpaired) electrons. The van der Waals surface area contributed by atoms with Crippen molar-refractivity contribution in [2.75, 3.05) is 18.6 Å². The van der Waals surface area contributed by atoms with Crippen molar-refractivity contribution in [1.29, 1.82) is 0 Å². The van der Waals surface area contributed by atoms with Gasteiger partial charge in [-0.2, -0.15) is 4.98 Å². The lowest BCUT2D eigenvalue weighted by Crippen LogP contribution is -2.24. The maximum atomic E-state index is 12.6. The number of rotatable bonds is 9. The number of benzene rings is 3. The molecule has 4 aromatic rings. The molecule has 10 nitrogen and oxygen atoms in total. The Morgan fingerprint density at radius 1 is 1.16 bits per heavy atom. The number of aromatic amines is 1. The number of terminal acetylenes is 1. The monoisotopic (exact) mass is 497 g/mol. The number of carbonyl (C=O) groups is 1. The van der Waals surface area contributed by atoms with E-state index in [0.29, 0.717) is 35.1 Å². The van der Waals surface area contributed by atoms with Gasteiger partial charge in [0.05, 0.1) is 29.5 Å². The molecule has 2 N–H and O–H groups in total. The van der Waals surface area contributed by atoms with Crippen molar-refractivity contribution in [3.63, 3.8) is 0 Å². The molecule has 37 heavy (non-hydrogen) atoms. The molecule has 0 saturated carbocycles. The molecule has 0 saturated heterocycles. The zero-order valence-electron chi connectivity index (χ0n) is 19.9. The van der Waals surface area contributed by atoms with Gasteiger partial charge in [0, 0.05) is 36.5 Å². The van der Waals surface area contributed by atoms with E-state index in [1.165, 1.54) is 19.2 Å². The number of hydrogen-bond donors (Lipinski definition) is 2. The van der Waals surface area contributed by atoms with Crippen LogP contribution in [0.3, 0.4) is 0 Å². The van der Waals surface area contributed by atoms with Crippen molar-refractivity contribution in [2.45, 2.75) is 13.1 Å². The van der Waals surface area contributed by atoms with E-state index in [1.807, 2.05) is 11.0 Å².